The second-order valence-electron chi connectivity index (χ2n) is 4.74. The summed E-state index contributed by atoms with van der Waals surface area (Å²) in [6.45, 7) is 6.19. The predicted octanol–water partition coefficient (Wildman–Crippen LogP) is 4.18. The summed E-state index contributed by atoms with van der Waals surface area (Å²) in [5.74, 6) is -0.641. The number of rotatable bonds is 4. The maximum Gasteiger partial charge on any atom is 0.140 e. The molecule has 92 valence electrons. The molecule has 0 aliphatic heterocycles. The third kappa shape index (κ3) is 3.47. The minimum absolute atomic E-state index is 0.0453. The predicted molar refractivity (Wildman–Crippen MR) is 72.6 cm³/mol. The molecule has 0 aromatic heterocycles. The molecule has 0 saturated heterocycles. The van der Waals surface area contributed by atoms with E-state index in [1.165, 1.54) is 11.1 Å². The molecular formula is C16H18N2. The van der Waals surface area contributed by atoms with Crippen molar-refractivity contribution < 1.29 is 0 Å². The topological polar surface area (TPSA) is 47.6 Å². The van der Waals surface area contributed by atoms with Crippen LogP contribution in [0.25, 0.3) is 0 Å². The fraction of sp³-hybridized carbons (Fsp3) is 0.375. The van der Waals surface area contributed by atoms with Crippen LogP contribution < -0.4 is 0 Å². The summed E-state index contributed by atoms with van der Waals surface area (Å²) in [6.07, 6.45) is 0.762. The van der Waals surface area contributed by atoms with Crippen molar-refractivity contribution in [1.82, 2.24) is 0 Å². The van der Waals surface area contributed by atoms with Gasteiger partial charge in [0.05, 0.1) is 12.1 Å². The van der Waals surface area contributed by atoms with Gasteiger partial charge in [0.1, 0.15) is 5.92 Å². The smallest absolute Gasteiger partial charge is 0.140 e. The van der Waals surface area contributed by atoms with Gasteiger partial charge in [0.15, 0.2) is 0 Å². The van der Waals surface area contributed by atoms with Crippen LogP contribution in [0.5, 0.6) is 0 Å². The van der Waals surface area contributed by atoms with E-state index in [9.17, 15) is 0 Å². The molecule has 2 heteroatoms. The summed E-state index contributed by atoms with van der Waals surface area (Å²) in [6, 6.07) is 14.1. The Labute approximate surface area is 109 Å². The molecule has 0 radical (unpaired) electrons. The highest BCUT2D eigenvalue weighted by Gasteiger charge is 2.23. The minimum Gasteiger partial charge on any atom is -0.197 e. The molecule has 1 rings (SSSR count). The van der Waals surface area contributed by atoms with Crippen LogP contribution in [-0.4, -0.2) is 0 Å². The van der Waals surface area contributed by atoms with Crippen molar-refractivity contribution in [2.24, 2.45) is 5.92 Å². The van der Waals surface area contributed by atoms with Gasteiger partial charge in [-0.05, 0) is 32.8 Å². The van der Waals surface area contributed by atoms with E-state index in [1.54, 1.807) is 0 Å². The molecule has 0 aliphatic carbocycles. The van der Waals surface area contributed by atoms with Gasteiger partial charge in [0.25, 0.3) is 0 Å². The van der Waals surface area contributed by atoms with Crippen LogP contribution in [0.3, 0.4) is 0 Å². The molecule has 0 N–H and O–H groups in total. The number of benzene rings is 1. The van der Waals surface area contributed by atoms with Crippen molar-refractivity contribution in [2.75, 3.05) is 0 Å². The molecule has 0 amide bonds. The molecular weight excluding hydrogens is 220 g/mol. The fourth-order valence-corrected chi connectivity index (χ4v) is 1.87. The van der Waals surface area contributed by atoms with Gasteiger partial charge in [-0.2, -0.15) is 10.5 Å². The molecule has 0 bridgehead atoms. The fourth-order valence-electron chi connectivity index (χ4n) is 1.87. The molecule has 18 heavy (non-hydrogen) atoms. The molecule has 1 unspecified atom stereocenters. The van der Waals surface area contributed by atoms with Crippen LogP contribution in [0.2, 0.25) is 0 Å². The largest absolute Gasteiger partial charge is 0.197 e. The third-order valence-corrected chi connectivity index (χ3v) is 3.29. The Balaban J connectivity index is 3.09. The normalized spacial score (nSPS) is 11.4. The van der Waals surface area contributed by atoms with Gasteiger partial charge < -0.3 is 0 Å². The summed E-state index contributed by atoms with van der Waals surface area (Å²) < 4.78 is 0. The van der Waals surface area contributed by atoms with E-state index < -0.39 is 5.92 Å². The van der Waals surface area contributed by atoms with Crippen molar-refractivity contribution in [3.8, 4) is 12.1 Å². The van der Waals surface area contributed by atoms with Gasteiger partial charge >= 0.3 is 0 Å². The quantitative estimate of drug-likeness (QED) is 0.739. The first-order chi connectivity index (χ1) is 8.60. The van der Waals surface area contributed by atoms with Gasteiger partial charge in [-0.1, -0.05) is 41.5 Å². The lowest BCUT2D eigenvalue weighted by Gasteiger charge is -2.19. The van der Waals surface area contributed by atoms with Crippen molar-refractivity contribution in [2.45, 2.75) is 33.1 Å². The van der Waals surface area contributed by atoms with Crippen molar-refractivity contribution >= 4 is 0 Å². The Hall–Kier alpha value is -2.06. The van der Waals surface area contributed by atoms with E-state index in [-0.39, 0.29) is 5.92 Å². The molecule has 0 aliphatic rings. The van der Waals surface area contributed by atoms with Gasteiger partial charge in [-0.3, -0.25) is 0 Å². The maximum absolute atomic E-state index is 9.12. The zero-order valence-electron chi connectivity index (χ0n) is 11.1. The minimum atomic E-state index is -0.596. The average molecular weight is 238 g/mol. The highest BCUT2D eigenvalue weighted by atomic mass is 14.4. The number of nitrogens with zero attached hydrogens (tertiary/aromatic N) is 2. The monoisotopic (exact) mass is 238 g/mol. The van der Waals surface area contributed by atoms with Crippen LogP contribution in [0, 0.1) is 28.6 Å². The molecule has 1 aromatic carbocycles. The van der Waals surface area contributed by atoms with E-state index in [4.69, 9.17) is 10.5 Å². The Bertz CT molecular complexity index is 482. The van der Waals surface area contributed by atoms with Crippen molar-refractivity contribution in [3.63, 3.8) is 0 Å². The van der Waals surface area contributed by atoms with E-state index in [1.807, 2.05) is 30.3 Å². The second kappa shape index (κ2) is 6.62. The van der Waals surface area contributed by atoms with Crippen LogP contribution in [-0.2, 0) is 0 Å². The molecule has 1 atom stereocenters. The maximum atomic E-state index is 9.12. The highest BCUT2D eigenvalue weighted by Crippen LogP contribution is 2.31. The second-order valence-corrected chi connectivity index (χ2v) is 4.74. The average Bonchev–Trinajstić information content (AvgIpc) is 2.39. The summed E-state index contributed by atoms with van der Waals surface area (Å²) in [5, 5.41) is 18.2. The Morgan fingerprint density at radius 1 is 1.06 bits per heavy atom. The first kappa shape index (κ1) is 14.0. The standard InChI is InChI=1S/C16H18N2/c1-12(2)13(3)9-16(15(10-17)11-18)14-7-5-4-6-8-14/h4-8,15-16H,9H2,1-3H3. The lowest BCUT2D eigenvalue weighted by molar-refractivity contribution is 0.602. The molecule has 2 nitrogen and oxygen atoms in total. The van der Waals surface area contributed by atoms with Gasteiger partial charge in [-0.25, -0.2) is 0 Å². The number of allylic oxidation sites excluding steroid dienone is 2. The van der Waals surface area contributed by atoms with E-state index >= 15 is 0 Å². The Morgan fingerprint density at radius 3 is 2.06 bits per heavy atom. The summed E-state index contributed by atoms with van der Waals surface area (Å²) in [5.41, 5.74) is 3.57. The lowest BCUT2D eigenvalue weighted by atomic mass is 9.82. The number of nitriles is 2. The van der Waals surface area contributed by atoms with Crippen LogP contribution >= 0.6 is 0 Å². The van der Waals surface area contributed by atoms with Crippen LogP contribution in [0.15, 0.2) is 41.5 Å². The van der Waals surface area contributed by atoms with E-state index in [0.717, 1.165) is 12.0 Å². The zero-order chi connectivity index (χ0) is 13.5. The summed E-state index contributed by atoms with van der Waals surface area (Å²) >= 11 is 0. The van der Waals surface area contributed by atoms with E-state index in [0.29, 0.717) is 0 Å². The molecule has 0 saturated carbocycles. The van der Waals surface area contributed by atoms with Gasteiger partial charge in [0.2, 0.25) is 0 Å². The number of hydrogen-bond acceptors (Lipinski definition) is 2. The highest BCUT2D eigenvalue weighted by molar-refractivity contribution is 5.27. The molecule has 0 spiro atoms. The Morgan fingerprint density at radius 2 is 1.61 bits per heavy atom. The SMILES string of the molecule is CC(C)=C(C)CC(c1ccccc1)C(C#N)C#N. The lowest BCUT2D eigenvalue weighted by Crippen LogP contribution is -2.10. The zero-order valence-corrected chi connectivity index (χ0v) is 11.1. The first-order valence-corrected chi connectivity index (χ1v) is 6.07. The molecule has 0 fully saturated rings. The van der Waals surface area contributed by atoms with Gasteiger partial charge in [-0.15, -0.1) is 0 Å². The Kier molecular flexibility index (Phi) is 5.15. The number of hydrogen-bond donors (Lipinski definition) is 0. The van der Waals surface area contributed by atoms with Gasteiger partial charge in [0, 0.05) is 5.92 Å². The summed E-state index contributed by atoms with van der Waals surface area (Å²) in [7, 11) is 0. The van der Waals surface area contributed by atoms with Crippen LogP contribution in [0.1, 0.15) is 38.7 Å². The summed E-state index contributed by atoms with van der Waals surface area (Å²) in [4.78, 5) is 0. The van der Waals surface area contributed by atoms with Crippen molar-refractivity contribution in [3.05, 3.63) is 47.0 Å². The molecule has 1 aromatic rings. The van der Waals surface area contributed by atoms with E-state index in [2.05, 4.69) is 32.9 Å². The molecule has 0 heterocycles. The van der Waals surface area contributed by atoms with Crippen molar-refractivity contribution in [1.29, 1.82) is 10.5 Å². The third-order valence-electron chi connectivity index (χ3n) is 3.29. The van der Waals surface area contributed by atoms with Crippen LogP contribution in [0.4, 0.5) is 0 Å². The first-order valence-electron chi connectivity index (χ1n) is 6.07.